The van der Waals surface area contributed by atoms with Gasteiger partial charge in [0.25, 0.3) is 19.4 Å². The van der Waals surface area contributed by atoms with Crippen molar-refractivity contribution >= 4 is 31.4 Å². The van der Waals surface area contributed by atoms with Gasteiger partial charge in [0.2, 0.25) is 0 Å². The van der Waals surface area contributed by atoms with E-state index in [0.717, 1.165) is 82.0 Å². The van der Waals surface area contributed by atoms with E-state index in [1.165, 1.54) is 11.6 Å². The van der Waals surface area contributed by atoms with Crippen LogP contribution >= 0.6 is 0 Å². The molecule has 11 heteroatoms. The number of benzene rings is 1. The van der Waals surface area contributed by atoms with Crippen LogP contribution in [-0.4, -0.2) is 69.0 Å². The quantitative estimate of drug-likeness (QED) is 0.0615. The molecule has 320 valence electrons. The molecule has 0 saturated heterocycles. The predicted octanol–water partition coefficient (Wildman–Crippen LogP) is 8.14. The summed E-state index contributed by atoms with van der Waals surface area (Å²) in [4.78, 5) is 60.5. The van der Waals surface area contributed by atoms with Gasteiger partial charge in [-0.3, -0.25) is 19.2 Å². The first kappa shape index (κ1) is 43.7. The highest BCUT2D eigenvalue weighted by molar-refractivity contribution is 5.82. The molecule has 5 aliphatic carbocycles. The normalized spacial score (nSPS) is 36.1. The molecule has 58 heavy (non-hydrogen) atoms. The first-order chi connectivity index (χ1) is 27.9. The van der Waals surface area contributed by atoms with Crippen molar-refractivity contribution in [1.29, 1.82) is 0 Å². The zero-order valence-corrected chi connectivity index (χ0v) is 35.3. The van der Waals surface area contributed by atoms with Crippen molar-refractivity contribution in [1.82, 2.24) is 0 Å². The van der Waals surface area contributed by atoms with E-state index in [1.807, 2.05) is 19.1 Å². The van der Waals surface area contributed by atoms with Crippen LogP contribution in [0.3, 0.4) is 0 Å². The van der Waals surface area contributed by atoms with Crippen LogP contribution in [0.25, 0.3) is 0 Å². The Balaban J connectivity index is 1.06. The Morgan fingerprint density at radius 1 is 0.862 bits per heavy atom. The van der Waals surface area contributed by atoms with Crippen LogP contribution in [0.2, 0.25) is 0 Å². The van der Waals surface area contributed by atoms with Gasteiger partial charge in [0.15, 0.2) is 0 Å². The van der Waals surface area contributed by atoms with Gasteiger partial charge in [-0.05, 0) is 155 Å². The SMILES string of the molecule is CCOC(=O)/C=C(/C)COc1ccc(C[C@H]2CCCC[C@@H]2OC(=O)CC[C@@H](C)[C@H]2CC[C@H]3[C@@H]4[C@H](OC=O)C[C@@H]5C[C@H](OC=O)CC[C@]5(C)[C@H]4C[C@H](OC=O)[C@]23C)cc1. The molecule has 0 heterocycles. The van der Waals surface area contributed by atoms with Gasteiger partial charge in [0.05, 0.1) is 6.61 Å². The third kappa shape index (κ3) is 9.44. The number of carbonyl (C=O) groups is 5. The number of carbonyl (C=O) groups excluding carboxylic acids is 5. The van der Waals surface area contributed by atoms with Crippen LogP contribution in [0.5, 0.6) is 5.75 Å². The maximum absolute atomic E-state index is 13.5. The summed E-state index contributed by atoms with van der Waals surface area (Å²) in [5.74, 6) is 1.64. The van der Waals surface area contributed by atoms with Gasteiger partial charge >= 0.3 is 11.9 Å². The molecular weight excluding hydrogens is 741 g/mol. The second kappa shape index (κ2) is 19.4. The van der Waals surface area contributed by atoms with Crippen molar-refractivity contribution in [3.8, 4) is 5.75 Å². The fourth-order valence-electron chi connectivity index (χ4n) is 12.7. The van der Waals surface area contributed by atoms with Gasteiger partial charge in [0, 0.05) is 23.8 Å². The molecule has 6 rings (SSSR count). The van der Waals surface area contributed by atoms with Gasteiger partial charge in [-0.25, -0.2) is 4.79 Å². The summed E-state index contributed by atoms with van der Waals surface area (Å²) in [6, 6.07) is 8.02. The Hall–Kier alpha value is -3.89. The van der Waals surface area contributed by atoms with Gasteiger partial charge < -0.3 is 28.4 Å². The summed E-state index contributed by atoms with van der Waals surface area (Å²) >= 11 is 0. The number of rotatable bonds is 18. The monoisotopic (exact) mass is 806 g/mol. The van der Waals surface area contributed by atoms with Crippen molar-refractivity contribution < 1.29 is 52.4 Å². The average Bonchev–Trinajstić information content (AvgIpc) is 3.56. The lowest BCUT2D eigenvalue weighted by molar-refractivity contribution is -0.218. The van der Waals surface area contributed by atoms with Crippen molar-refractivity contribution in [2.24, 2.45) is 52.3 Å². The van der Waals surface area contributed by atoms with Crippen LogP contribution < -0.4 is 4.74 Å². The van der Waals surface area contributed by atoms with E-state index < -0.39 is 0 Å². The molecule has 11 nitrogen and oxygen atoms in total. The highest BCUT2D eigenvalue weighted by atomic mass is 16.6. The summed E-state index contributed by atoms with van der Waals surface area (Å²) in [6.07, 6.45) is 12.4. The minimum Gasteiger partial charge on any atom is -0.489 e. The number of ether oxygens (including phenoxy) is 6. The summed E-state index contributed by atoms with van der Waals surface area (Å²) in [5, 5.41) is 0. The van der Waals surface area contributed by atoms with E-state index in [2.05, 4.69) is 32.9 Å². The molecule has 5 aliphatic rings. The van der Waals surface area contributed by atoms with Crippen LogP contribution in [0.1, 0.15) is 124 Å². The second-order valence-corrected chi connectivity index (χ2v) is 18.6. The molecule has 0 spiro atoms. The van der Waals surface area contributed by atoms with Crippen LogP contribution in [-0.2, 0) is 54.1 Å². The molecule has 0 N–H and O–H groups in total. The summed E-state index contributed by atoms with van der Waals surface area (Å²) in [6.45, 7) is 12.9. The lowest BCUT2D eigenvalue weighted by Gasteiger charge is -2.64. The Bertz CT molecular complexity index is 1610. The van der Waals surface area contributed by atoms with Gasteiger partial charge in [-0.2, -0.15) is 0 Å². The van der Waals surface area contributed by atoms with E-state index in [-0.39, 0.29) is 88.6 Å². The Morgan fingerprint density at radius 2 is 1.60 bits per heavy atom. The molecule has 0 aliphatic heterocycles. The third-order valence-corrected chi connectivity index (χ3v) is 15.6. The summed E-state index contributed by atoms with van der Waals surface area (Å²) < 4.78 is 34.5. The van der Waals surface area contributed by atoms with Crippen LogP contribution in [0.15, 0.2) is 35.9 Å². The maximum Gasteiger partial charge on any atom is 0.330 e. The number of fused-ring (bicyclic) bond motifs is 5. The fraction of sp³-hybridized carbons (Fsp3) is 0.723. The zero-order valence-electron chi connectivity index (χ0n) is 35.3. The van der Waals surface area contributed by atoms with Gasteiger partial charge in [-0.15, -0.1) is 0 Å². The Morgan fingerprint density at radius 3 is 2.33 bits per heavy atom. The minimum atomic E-state index is -0.369. The largest absolute Gasteiger partial charge is 0.489 e. The molecule has 5 fully saturated rings. The second-order valence-electron chi connectivity index (χ2n) is 18.6. The van der Waals surface area contributed by atoms with Gasteiger partial charge in [0.1, 0.15) is 36.8 Å². The smallest absolute Gasteiger partial charge is 0.330 e. The molecular formula is C47H66O11. The number of hydrogen-bond acceptors (Lipinski definition) is 11. The number of hydrogen-bond donors (Lipinski definition) is 0. The Kier molecular flexibility index (Phi) is 14.6. The minimum absolute atomic E-state index is 0.0470. The molecule has 0 unspecified atom stereocenters. The lowest BCUT2D eigenvalue weighted by Crippen LogP contribution is -2.63. The molecule has 1 aromatic rings. The van der Waals surface area contributed by atoms with E-state index in [1.54, 1.807) is 6.92 Å². The van der Waals surface area contributed by atoms with E-state index in [4.69, 9.17) is 28.4 Å². The summed E-state index contributed by atoms with van der Waals surface area (Å²) in [7, 11) is 0. The van der Waals surface area contributed by atoms with Crippen molar-refractivity contribution in [3.05, 3.63) is 41.5 Å². The zero-order chi connectivity index (χ0) is 41.5. The summed E-state index contributed by atoms with van der Waals surface area (Å²) in [5.41, 5.74) is 1.57. The molecule has 1 aromatic carbocycles. The van der Waals surface area contributed by atoms with Crippen LogP contribution in [0.4, 0.5) is 0 Å². The average molecular weight is 807 g/mol. The highest BCUT2D eigenvalue weighted by Gasteiger charge is 2.67. The predicted molar refractivity (Wildman–Crippen MR) is 215 cm³/mol. The number of esters is 2. The Labute approximate surface area is 344 Å². The highest BCUT2D eigenvalue weighted by Crippen LogP contribution is 2.69. The lowest BCUT2D eigenvalue weighted by atomic mass is 9.43. The van der Waals surface area contributed by atoms with Crippen molar-refractivity contribution in [3.63, 3.8) is 0 Å². The molecule has 0 aromatic heterocycles. The van der Waals surface area contributed by atoms with E-state index in [0.29, 0.717) is 51.9 Å². The van der Waals surface area contributed by atoms with Crippen molar-refractivity contribution in [2.45, 2.75) is 149 Å². The van der Waals surface area contributed by atoms with Gasteiger partial charge in [-0.1, -0.05) is 39.3 Å². The van der Waals surface area contributed by atoms with Crippen LogP contribution in [0, 0.1) is 52.3 Å². The molecule has 0 radical (unpaired) electrons. The first-order valence-corrected chi connectivity index (χ1v) is 22.0. The van der Waals surface area contributed by atoms with Crippen molar-refractivity contribution in [2.75, 3.05) is 13.2 Å². The molecule has 0 bridgehead atoms. The fourth-order valence-corrected chi connectivity index (χ4v) is 12.7. The molecule has 0 amide bonds. The van der Waals surface area contributed by atoms with E-state index >= 15 is 0 Å². The first-order valence-electron chi connectivity index (χ1n) is 22.0. The third-order valence-electron chi connectivity index (χ3n) is 15.6. The van der Waals surface area contributed by atoms with E-state index in [9.17, 15) is 24.0 Å². The maximum atomic E-state index is 13.5. The molecule has 5 saturated carbocycles. The molecule has 13 atom stereocenters. The standard InChI is InChI=1S/C47H66O11/c1-6-53-44(52)21-30(2)26-54-35-14-12-32(13-15-35)22-33-9-7-8-10-40(33)58-43(51)18-11-31(3)37-16-17-38-45-39(25-42(57-29-50)47(37,38)5)46(4)20-19-36(55-27-48)23-34(46)24-41(45)56-28-49/h12-15,21,27-29,31,33-34,36-42,45H,6-11,16-20,22-26H2,1-5H3/b30-21-/t31-,33-,34+,36-,37-,38+,39+,40+,41-,42+,45+,46+,47-/m1/s1. The topological polar surface area (TPSA) is 141 Å².